The summed E-state index contributed by atoms with van der Waals surface area (Å²) in [4.78, 5) is 20.3. The number of nitrogens with zero attached hydrogens (tertiary/aromatic N) is 3. The Morgan fingerprint density at radius 1 is 1.48 bits per heavy atom. The molecule has 3 aromatic rings. The number of aromatic amines is 1. The first kappa shape index (κ1) is 13.8. The maximum absolute atomic E-state index is 12.7. The van der Waals surface area contributed by atoms with E-state index in [1.807, 2.05) is 20.0 Å². The molecule has 1 aliphatic rings. The highest BCUT2D eigenvalue weighted by molar-refractivity contribution is 6.08. The van der Waals surface area contributed by atoms with Crippen molar-refractivity contribution in [1.82, 2.24) is 19.7 Å². The van der Waals surface area contributed by atoms with Crippen LogP contribution in [0.4, 0.5) is 5.88 Å². The lowest BCUT2D eigenvalue weighted by molar-refractivity contribution is 0.102. The van der Waals surface area contributed by atoms with Gasteiger partial charge in [0.05, 0.1) is 16.8 Å². The zero-order valence-electron chi connectivity index (χ0n) is 13.2. The standard InChI is InChI=1S/C16H17N5O2/c1-8-6-12-13(14-17-4-5-21(8)14)11(7-18-12)15(22)19-16-9(2)10(3)20-23-16/h4-5,7-8,18H,6H2,1-3H3,(H,19,22)/t8-/m1/s1. The Kier molecular flexibility index (Phi) is 2.90. The number of H-pyrrole nitrogens is 1. The zero-order chi connectivity index (χ0) is 16.1. The maximum Gasteiger partial charge on any atom is 0.260 e. The van der Waals surface area contributed by atoms with E-state index in [-0.39, 0.29) is 5.91 Å². The first-order valence-electron chi connectivity index (χ1n) is 7.54. The number of anilines is 1. The van der Waals surface area contributed by atoms with Crippen molar-refractivity contribution in [1.29, 1.82) is 0 Å². The molecule has 0 radical (unpaired) electrons. The summed E-state index contributed by atoms with van der Waals surface area (Å²) < 4.78 is 7.26. The number of rotatable bonds is 2. The van der Waals surface area contributed by atoms with E-state index in [1.54, 1.807) is 12.4 Å². The van der Waals surface area contributed by atoms with Gasteiger partial charge in [0.25, 0.3) is 5.91 Å². The summed E-state index contributed by atoms with van der Waals surface area (Å²) in [6, 6.07) is 0.314. The van der Waals surface area contributed by atoms with Crippen LogP contribution in [0.3, 0.4) is 0 Å². The third-order valence-electron chi connectivity index (χ3n) is 4.46. The molecular weight excluding hydrogens is 294 g/mol. The second-order valence-electron chi connectivity index (χ2n) is 5.94. The monoisotopic (exact) mass is 311 g/mol. The van der Waals surface area contributed by atoms with E-state index in [0.717, 1.165) is 34.8 Å². The van der Waals surface area contributed by atoms with Gasteiger partial charge in [0.15, 0.2) is 0 Å². The smallest absolute Gasteiger partial charge is 0.260 e. The number of aryl methyl sites for hydroxylation is 1. The van der Waals surface area contributed by atoms with Crippen LogP contribution in [-0.2, 0) is 6.42 Å². The van der Waals surface area contributed by atoms with Crippen molar-refractivity contribution in [2.24, 2.45) is 0 Å². The second kappa shape index (κ2) is 4.84. The van der Waals surface area contributed by atoms with Crippen molar-refractivity contribution in [3.05, 3.63) is 41.1 Å². The fraction of sp³-hybridized carbons (Fsp3) is 0.312. The Labute approximate surface area is 132 Å². The minimum absolute atomic E-state index is 0.231. The van der Waals surface area contributed by atoms with Gasteiger partial charge < -0.3 is 14.1 Å². The zero-order valence-corrected chi connectivity index (χ0v) is 13.2. The van der Waals surface area contributed by atoms with Crippen LogP contribution in [0.15, 0.2) is 23.1 Å². The number of carbonyl (C=O) groups excluding carboxylic acids is 1. The van der Waals surface area contributed by atoms with Gasteiger partial charge >= 0.3 is 0 Å². The van der Waals surface area contributed by atoms with E-state index >= 15 is 0 Å². The first-order valence-corrected chi connectivity index (χ1v) is 7.54. The van der Waals surface area contributed by atoms with E-state index in [2.05, 4.69) is 31.9 Å². The molecular formula is C16H17N5O2. The number of hydrogen-bond acceptors (Lipinski definition) is 4. The molecule has 0 saturated carbocycles. The van der Waals surface area contributed by atoms with Crippen molar-refractivity contribution in [2.45, 2.75) is 33.2 Å². The Hall–Kier alpha value is -2.83. The summed E-state index contributed by atoms with van der Waals surface area (Å²) in [5.41, 5.74) is 4.05. The number of imidazole rings is 1. The molecule has 4 heterocycles. The van der Waals surface area contributed by atoms with Crippen LogP contribution in [0.1, 0.15) is 40.3 Å². The van der Waals surface area contributed by atoms with E-state index in [1.165, 1.54) is 0 Å². The van der Waals surface area contributed by atoms with Crippen LogP contribution >= 0.6 is 0 Å². The van der Waals surface area contributed by atoms with Crippen molar-refractivity contribution in [2.75, 3.05) is 5.32 Å². The van der Waals surface area contributed by atoms with E-state index in [9.17, 15) is 4.79 Å². The van der Waals surface area contributed by atoms with Gasteiger partial charge in [-0.05, 0) is 20.8 Å². The minimum atomic E-state index is -0.231. The molecule has 0 fully saturated rings. The third-order valence-corrected chi connectivity index (χ3v) is 4.46. The Bertz CT molecular complexity index is 902. The molecule has 0 aliphatic carbocycles. The van der Waals surface area contributed by atoms with Gasteiger partial charge in [-0.1, -0.05) is 5.16 Å². The average molecular weight is 311 g/mol. The van der Waals surface area contributed by atoms with Gasteiger partial charge in [0.1, 0.15) is 5.82 Å². The molecule has 2 N–H and O–H groups in total. The Morgan fingerprint density at radius 2 is 2.30 bits per heavy atom. The normalized spacial score (nSPS) is 16.0. The minimum Gasteiger partial charge on any atom is -0.364 e. The Balaban J connectivity index is 1.73. The molecule has 0 aromatic carbocycles. The van der Waals surface area contributed by atoms with Crippen LogP contribution in [0, 0.1) is 13.8 Å². The van der Waals surface area contributed by atoms with Crippen LogP contribution in [-0.4, -0.2) is 25.6 Å². The lowest BCUT2D eigenvalue weighted by atomic mass is 10.0. The topological polar surface area (TPSA) is 88.7 Å². The predicted molar refractivity (Wildman–Crippen MR) is 84.4 cm³/mol. The molecule has 1 atom stereocenters. The van der Waals surface area contributed by atoms with Gasteiger partial charge in [-0.25, -0.2) is 4.98 Å². The lowest BCUT2D eigenvalue weighted by Crippen LogP contribution is -2.18. The fourth-order valence-corrected chi connectivity index (χ4v) is 3.02. The number of aromatic nitrogens is 4. The average Bonchev–Trinajstić information content (AvgIpc) is 3.21. The largest absolute Gasteiger partial charge is 0.364 e. The summed E-state index contributed by atoms with van der Waals surface area (Å²) in [6.07, 6.45) is 6.28. The van der Waals surface area contributed by atoms with Crippen molar-refractivity contribution < 1.29 is 9.32 Å². The highest BCUT2D eigenvalue weighted by Gasteiger charge is 2.29. The van der Waals surface area contributed by atoms with Gasteiger partial charge in [-0.2, -0.15) is 0 Å². The molecule has 0 unspecified atom stereocenters. The number of fused-ring (bicyclic) bond motifs is 3. The number of hydrogen-bond donors (Lipinski definition) is 2. The molecule has 0 bridgehead atoms. The van der Waals surface area contributed by atoms with Crippen molar-refractivity contribution in [3.8, 4) is 11.4 Å². The number of carbonyl (C=O) groups is 1. The number of amides is 1. The van der Waals surface area contributed by atoms with E-state index < -0.39 is 0 Å². The van der Waals surface area contributed by atoms with Gasteiger partial charge in [-0.3, -0.25) is 10.1 Å². The molecule has 7 nitrogen and oxygen atoms in total. The van der Waals surface area contributed by atoms with E-state index in [4.69, 9.17) is 4.52 Å². The molecule has 7 heteroatoms. The highest BCUT2D eigenvalue weighted by Crippen LogP contribution is 2.35. The molecule has 0 saturated heterocycles. The van der Waals surface area contributed by atoms with Crippen molar-refractivity contribution in [3.63, 3.8) is 0 Å². The predicted octanol–water partition coefficient (Wildman–Crippen LogP) is 2.85. The van der Waals surface area contributed by atoms with Crippen molar-refractivity contribution >= 4 is 11.8 Å². The Morgan fingerprint density at radius 3 is 3.04 bits per heavy atom. The van der Waals surface area contributed by atoms with E-state index in [0.29, 0.717) is 17.5 Å². The van der Waals surface area contributed by atoms with Crippen LogP contribution in [0.2, 0.25) is 0 Å². The highest BCUT2D eigenvalue weighted by atomic mass is 16.5. The van der Waals surface area contributed by atoms with Gasteiger partial charge in [-0.15, -0.1) is 0 Å². The molecule has 23 heavy (non-hydrogen) atoms. The number of nitrogens with one attached hydrogen (secondary N) is 2. The van der Waals surface area contributed by atoms with Crippen LogP contribution < -0.4 is 5.32 Å². The molecule has 3 aromatic heterocycles. The first-order chi connectivity index (χ1) is 11.1. The SMILES string of the molecule is Cc1noc(NC(=O)c2c[nH]c3c2-c2nccn2[C@H](C)C3)c1C. The summed E-state index contributed by atoms with van der Waals surface area (Å²) >= 11 is 0. The molecule has 0 spiro atoms. The molecule has 1 aliphatic heterocycles. The van der Waals surface area contributed by atoms with Crippen LogP contribution in [0.5, 0.6) is 0 Å². The quantitative estimate of drug-likeness (QED) is 0.761. The second-order valence-corrected chi connectivity index (χ2v) is 5.94. The fourth-order valence-electron chi connectivity index (χ4n) is 3.02. The molecule has 1 amide bonds. The van der Waals surface area contributed by atoms with Gasteiger partial charge in [0, 0.05) is 42.3 Å². The third kappa shape index (κ3) is 2.00. The summed E-state index contributed by atoms with van der Waals surface area (Å²) in [7, 11) is 0. The maximum atomic E-state index is 12.7. The van der Waals surface area contributed by atoms with Crippen LogP contribution in [0.25, 0.3) is 11.4 Å². The van der Waals surface area contributed by atoms with Gasteiger partial charge in [0.2, 0.25) is 5.88 Å². The summed E-state index contributed by atoms with van der Waals surface area (Å²) in [5, 5.41) is 6.65. The lowest BCUT2D eigenvalue weighted by Gasteiger charge is -2.22. The summed E-state index contributed by atoms with van der Waals surface area (Å²) in [6.45, 7) is 5.84. The molecule has 118 valence electrons. The summed E-state index contributed by atoms with van der Waals surface area (Å²) in [5.74, 6) is 0.969. The molecule has 4 rings (SSSR count).